The fourth-order valence-electron chi connectivity index (χ4n) is 1.06. The molecule has 1 heterocycles. The first-order valence-corrected chi connectivity index (χ1v) is 3.39. The minimum absolute atomic E-state index is 0. The van der Waals surface area contributed by atoms with Gasteiger partial charge in [-0.3, -0.25) is 0 Å². The molecule has 4 nitrogen and oxygen atoms in total. The summed E-state index contributed by atoms with van der Waals surface area (Å²) in [7, 11) is 1.58. The quantitative estimate of drug-likeness (QED) is 0.711. The number of nitrogens with zero attached hydrogens (tertiary/aromatic N) is 1. The number of aromatic hydroxyl groups is 1. The summed E-state index contributed by atoms with van der Waals surface area (Å²) >= 11 is 0. The van der Waals surface area contributed by atoms with Gasteiger partial charge in [-0.15, -0.1) is 18.2 Å². The molecule has 1 aromatic heterocycles. The van der Waals surface area contributed by atoms with Gasteiger partial charge in [-0.2, -0.15) is 0 Å². The SMILES string of the molecule is Cn1c(=O)oc2c[c-]c(O)cc21.[W]. The van der Waals surface area contributed by atoms with E-state index >= 15 is 0 Å². The monoisotopic (exact) mass is 348 g/mol. The van der Waals surface area contributed by atoms with Gasteiger partial charge in [0.1, 0.15) is 0 Å². The van der Waals surface area contributed by atoms with Gasteiger partial charge in [0, 0.05) is 39.4 Å². The molecule has 0 fully saturated rings. The van der Waals surface area contributed by atoms with Gasteiger partial charge in [0.25, 0.3) is 0 Å². The summed E-state index contributed by atoms with van der Waals surface area (Å²) in [5.41, 5.74) is 0.997. The number of benzene rings is 1. The third kappa shape index (κ3) is 1.54. The van der Waals surface area contributed by atoms with Crippen LogP contribution in [-0.4, -0.2) is 9.67 Å². The summed E-state index contributed by atoms with van der Waals surface area (Å²) < 4.78 is 6.14. The molecule has 2 rings (SSSR count). The molecule has 0 aliphatic carbocycles. The third-order valence-electron chi connectivity index (χ3n) is 1.71. The number of aryl methyl sites for hydroxylation is 1. The maximum Gasteiger partial charge on any atom is 0.405 e. The summed E-state index contributed by atoms with van der Waals surface area (Å²) in [6.07, 6.45) is 0. The topological polar surface area (TPSA) is 55.4 Å². The van der Waals surface area contributed by atoms with E-state index in [1.807, 2.05) is 0 Å². The van der Waals surface area contributed by atoms with Crippen LogP contribution in [0.4, 0.5) is 0 Å². The van der Waals surface area contributed by atoms with Gasteiger partial charge in [0.05, 0.1) is 0 Å². The van der Waals surface area contributed by atoms with Crippen LogP contribution in [0.15, 0.2) is 21.3 Å². The van der Waals surface area contributed by atoms with Crippen LogP contribution < -0.4 is 5.76 Å². The van der Waals surface area contributed by atoms with E-state index in [1.165, 1.54) is 16.7 Å². The van der Waals surface area contributed by atoms with E-state index in [1.54, 1.807) is 7.05 Å². The Bertz CT molecular complexity index is 486. The first kappa shape index (κ1) is 10.1. The van der Waals surface area contributed by atoms with Gasteiger partial charge in [-0.1, -0.05) is 0 Å². The van der Waals surface area contributed by atoms with Crippen LogP contribution in [0.3, 0.4) is 0 Å². The molecule has 5 heteroatoms. The van der Waals surface area contributed by atoms with Crippen LogP contribution in [0.5, 0.6) is 5.75 Å². The largest absolute Gasteiger partial charge is 0.534 e. The molecule has 1 N–H and O–H groups in total. The number of phenolic OH excluding ortho intramolecular Hbond substituents is 1. The maximum atomic E-state index is 11.0. The van der Waals surface area contributed by atoms with Gasteiger partial charge in [-0.25, -0.2) is 4.79 Å². The van der Waals surface area contributed by atoms with Crippen molar-refractivity contribution in [2.75, 3.05) is 0 Å². The normalized spacial score (nSPS) is 9.92. The molecule has 0 bridgehead atoms. The zero-order chi connectivity index (χ0) is 8.72. The summed E-state index contributed by atoms with van der Waals surface area (Å²) in [5, 5.41) is 9.05. The van der Waals surface area contributed by atoms with E-state index in [0.717, 1.165) is 0 Å². The number of oxazole rings is 1. The summed E-state index contributed by atoms with van der Waals surface area (Å²) in [6, 6.07) is 5.39. The average molecular weight is 348 g/mol. The average Bonchev–Trinajstić information content (AvgIpc) is 2.31. The van der Waals surface area contributed by atoms with Crippen LogP contribution in [-0.2, 0) is 28.1 Å². The molecule has 0 unspecified atom stereocenters. The predicted octanol–water partition coefficient (Wildman–Crippen LogP) is 0.635. The van der Waals surface area contributed by atoms with Crippen molar-refractivity contribution in [1.82, 2.24) is 4.57 Å². The number of rotatable bonds is 0. The van der Waals surface area contributed by atoms with Gasteiger partial charge in [0.15, 0.2) is 0 Å². The zero-order valence-corrected chi connectivity index (χ0v) is 9.71. The molecule has 0 saturated heterocycles. The van der Waals surface area contributed by atoms with E-state index in [4.69, 9.17) is 9.52 Å². The van der Waals surface area contributed by atoms with Crippen molar-refractivity contribution in [1.29, 1.82) is 0 Å². The molecule has 0 radical (unpaired) electrons. The van der Waals surface area contributed by atoms with Crippen molar-refractivity contribution in [3.05, 3.63) is 28.7 Å². The molecule has 1 aromatic carbocycles. The summed E-state index contributed by atoms with van der Waals surface area (Å²) in [4.78, 5) is 11.0. The van der Waals surface area contributed by atoms with Crippen molar-refractivity contribution >= 4 is 11.1 Å². The van der Waals surface area contributed by atoms with E-state index in [0.29, 0.717) is 11.1 Å². The maximum absolute atomic E-state index is 11.0. The minimum atomic E-state index is -0.441. The van der Waals surface area contributed by atoms with Crippen LogP contribution in [0.1, 0.15) is 0 Å². The first-order chi connectivity index (χ1) is 5.68. The summed E-state index contributed by atoms with van der Waals surface area (Å²) in [6.45, 7) is 0. The van der Waals surface area contributed by atoms with Crippen LogP contribution in [0, 0.1) is 6.07 Å². The smallest absolute Gasteiger partial charge is 0.405 e. The molecule has 0 saturated carbocycles. The van der Waals surface area contributed by atoms with Gasteiger partial charge < -0.3 is 14.1 Å². The molecule has 0 spiro atoms. The van der Waals surface area contributed by atoms with Crippen molar-refractivity contribution in [2.45, 2.75) is 0 Å². The van der Waals surface area contributed by atoms with Crippen LogP contribution >= 0.6 is 0 Å². The zero-order valence-electron chi connectivity index (χ0n) is 6.77. The first-order valence-electron chi connectivity index (χ1n) is 3.39. The number of hydrogen-bond donors (Lipinski definition) is 1. The predicted molar refractivity (Wildman–Crippen MR) is 42.0 cm³/mol. The number of hydrogen-bond acceptors (Lipinski definition) is 3. The summed E-state index contributed by atoms with van der Waals surface area (Å²) in [5.74, 6) is -0.442. The fourth-order valence-corrected chi connectivity index (χ4v) is 1.06. The second-order valence-electron chi connectivity index (χ2n) is 2.49. The van der Waals surface area contributed by atoms with Crippen molar-refractivity contribution < 1.29 is 30.6 Å². The fraction of sp³-hybridized carbons (Fsp3) is 0.125. The Balaban J connectivity index is 0.000000845. The Labute approximate surface area is 88.0 Å². The van der Waals surface area contributed by atoms with Crippen LogP contribution in [0.25, 0.3) is 11.1 Å². The number of phenols is 1. The molecule has 0 amide bonds. The Kier molecular flexibility index (Phi) is 2.62. The van der Waals surface area contributed by atoms with E-state index in [-0.39, 0.29) is 26.8 Å². The standard InChI is InChI=1S/C8H6NO3.W/c1-9-6-4-5(10)2-3-7(6)12-8(9)11;/h3-4,10H,1H3;/q-1;. The molecular weight excluding hydrogens is 342 g/mol. The van der Waals surface area contributed by atoms with Crippen molar-refractivity contribution in [2.24, 2.45) is 7.05 Å². The Morgan fingerprint density at radius 3 is 3.00 bits per heavy atom. The van der Waals surface area contributed by atoms with Gasteiger partial charge in [-0.05, 0) is 5.52 Å². The van der Waals surface area contributed by atoms with Crippen molar-refractivity contribution in [3.8, 4) is 5.75 Å². The molecule has 13 heavy (non-hydrogen) atoms. The van der Waals surface area contributed by atoms with Gasteiger partial charge in [0.2, 0.25) is 0 Å². The second-order valence-corrected chi connectivity index (χ2v) is 2.49. The molecule has 68 valence electrons. The number of aromatic nitrogens is 1. The molecule has 0 atom stereocenters. The minimum Gasteiger partial charge on any atom is -0.534 e. The van der Waals surface area contributed by atoms with E-state index in [9.17, 15) is 4.79 Å². The molecular formula is C8H6NO3W-. The molecule has 0 aliphatic heterocycles. The Hall–Kier alpha value is -1.02. The number of fused-ring (bicyclic) bond motifs is 1. The Morgan fingerprint density at radius 2 is 2.31 bits per heavy atom. The van der Waals surface area contributed by atoms with E-state index < -0.39 is 5.76 Å². The Morgan fingerprint density at radius 1 is 1.62 bits per heavy atom. The van der Waals surface area contributed by atoms with Gasteiger partial charge >= 0.3 is 5.76 Å². The molecule has 2 aromatic rings. The second kappa shape index (κ2) is 3.38. The third-order valence-corrected chi connectivity index (χ3v) is 1.71. The van der Waals surface area contributed by atoms with Crippen LogP contribution in [0.2, 0.25) is 0 Å². The van der Waals surface area contributed by atoms with Crippen molar-refractivity contribution in [3.63, 3.8) is 0 Å². The molecule has 0 aliphatic rings. The van der Waals surface area contributed by atoms with E-state index in [2.05, 4.69) is 6.07 Å².